The third-order valence-electron chi connectivity index (χ3n) is 4.20. The summed E-state index contributed by atoms with van der Waals surface area (Å²) in [6.45, 7) is 2.02. The van der Waals surface area contributed by atoms with Gasteiger partial charge in [0.25, 0.3) is 5.91 Å². The molecule has 2 N–H and O–H groups in total. The molecule has 1 aliphatic rings. The van der Waals surface area contributed by atoms with Gasteiger partial charge in [-0.1, -0.05) is 0 Å². The number of aromatic nitrogens is 3. The van der Waals surface area contributed by atoms with Crippen LogP contribution in [0.5, 0.6) is 0 Å². The minimum absolute atomic E-state index is 0.227. The number of pyridine rings is 1. The molecule has 0 saturated carbocycles. The van der Waals surface area contributed by atoms with E-state index < -0.39 is 0 Å². The molecule has 0 atom stereocenters. The Morgan fingerprint density at radius 2 is 2.26 bits per heavy atom. The van der Waals surface area contributed by atoms with Crippen LogP contribution in [-0.4, -0.2) is 33.5 Å². The monoisotopic (exact) mass is 327 g/mol. The summed E-state index contributed by atoms with van der Waals surface area (Å²) in [7, 11) is 0. The lowest BCUT2D eigenvalue weighted by atomic mass is 10.1. The van der Waals surface area contributed by atoms with Crippen molar-refractivity contribution in [2.45, 2.75) is 18.9 Å². The summed E-state index contributed by atoms with van der Waals surface area (Å²) in [6, 6.07) is 4.13. The molecular weight excluding hydrogens is 310 g/mol. The number of carbonyl (C=O) groups is 1. The van der Waals surface area contributed by atoms with Crippen molar-refractivity contribution in [1.29, 1.82) is 0 Å². The number of thiazole rings is 1. The van der Waals surface area contributed by atoms with Crippen LogP contribution in [0.15, 0.2) is 41.1 Å². The van der Waals surface area contributed by atoms with Gasteiger partial charge in [-0.3, -0.25) is 4.79 Å². The molecule has 1 fully saturated rings. The lowest BCUT2D eigenvalue weighted by molar-refractivity contribution is 0.0999. The van der Waals surface area contributed by atoms with Crippen LogP contribution in [0.4, 0.5) is 0 Å². The van der Waals surface area contributed by atoms with Crippen molar-refractivity contribution in [3.63, 3.8) is 0 Å². The molecule has 6 nitrogen and oxygen atoms in total. The molecule has 0 spiro atoms. The molecule has 23 heavy (non-hydrogen) atoms. The Hall–Kier alpha value is -2.25. The van der Waals surface area contributed by atoms with Gasteiger partial charge in [-0.15, -0.1) is 11.3 Å². The highest BCUT2D eigenvalue weighted by Gasteiger charge is 2.17. The van der Waals surface area contributed by atoms with Crippen molar-refractivity contribution in [2.75, 3.05) is 13.1 Å². The van der Waals surface area contributed by atoms with E-state index >= 15 is 0 Å². The van der Waals surface area contributed by atoms with Gasteiger partial charge in [0, 0.05) is 35.4 Å². The molecule has 0 bridgehead atoms. The van der Waals surface area contributed by atoms with Crippen LogP contribution in [0.1, 0.15) is 29.2 Å². The number of carbonyl (C=O) groups excluding carboxylic acids is 1. The van der Waals surface area contributed by atoms with Crippen molar-refractivity contribution in [3.05, 3.63) is 46.5 Å². The van der Waals surface area contributed by atoms with E-state index in [2.05, 4.69) is 24.8 Å². The van der Waals surface area contributed by atoms with Gasteiger partial charge in [-0.25, -0.2) is 4.98 Å². The summed E-state index contributed by atoms with van der Waals surface area (Å²) >= 11 is 1.50. The molecule has 1 saturated heterocycles. The first kappa shape index (κ1) is 14.3. The van der Waals surface area contributed by atoms with Crippen molar-refractivity contribution >= 4 is 28.3 Å². The fourth-order valence-corrected chi connectivity index (χ4v) is 3.79. The summed E-state index contributed by atoms with van der Waals surface area (Å²) in [6.07, 6.45) is 7.55. The molecule has 1 aliphatic heterocycles. The fraction of sp³-hybridized carbons (Fsp3) is 0.312. The Labute approximate surface area is 136 Å². The number of hydrogen-bond acceptors (Lipinski definition) is 4. The van der Waals surface area contributed by atoms with E-state index in [-0.39, 0.29) is 5.91 Å². The Kier molecular flexibility index (Phi) is 3.80. The highest BCUT2D eigenvalue weighted by atomic mass is 32.1. The van der Waals surface area contributed by atoms with Crippen molar-refractivity contribution < 1.29 is 4.79 Å². The second-order valence-electron chi connectivity index (χ2n) is 5.59. The summed E-state index contributed by atoms with van der Waals surface area (Å²) in [4.78, 5) is 25.0. The molecule has 4 heterocycles. The smallest absolute Gasteiger partial charge is 0.281 e. The van der Waals surface area contributed by atoms with Crippen molar-refractivity contribution in [2.24, 2.45) is 4.99 Å². The van der Waals surface area contributed by atoms with E-state index in [9.17, 15) is 4.79 Å². The van der Waals surface area contributed by atoms with E-state index in [0.717, 1.165) is 36.1 Å². The van der Waals surface area contributed by atoms with E-state index in [0.29, 0.717) is 17.3 Å². The van der Waals surface area contributed by atoms with Gasteiger partial charge in [-0.05, 0) is 38.1 Å². The quantitative estimate of drug-likeness (QED) is 0.757. The van der Waals surface area contributed by atoms with E-state index in [1.54, 1.807) is 12.4 Å². The maximum Gasteiger partial charge on any atom is 0.281 e. The third kappa shape index (κ3) is 2.73. The van der Waals surface area contributed by atoms with Gasteiger partial charge >= 0.3 is 0 Å². The molecule has 0 unspecified atom stereocenters. The van der Waals surface area contributed by atoms with E-state index in [4.69, 9.17) is 0 Å². The summed E-state index contributed by atoms with van der Waals surface area (Å²) in [5.41, 5.74) is 1.28. The average molecular weight is 327 g/mol. The zero-order valence-electron chi connectivity index (χ0n) is 12.5. The number of nitrogens with one attached hydrogen (secondary N) is 2. The molecule has 0 aromatic carbocycles. The molecule has 1 amide bonds. The summed E-state index contributed by atoms with van der Waals surface area (Å²) < 4.78 is 2.14. The number of rotatable bonds is 2. The molecule has 3 aromatic heterocycles. The number of amides is 1. The van der Waals surface area contributed by atoms with Crippen LogP contribution in [0, 0.1) is 0 Å². The highest BCUT2D eigenvalue weighted by molar-refractivity contribution is 7.07. The predicted molar refractivity (Wildman–Crippen MR) is 89.4 cm³/mol. The zero-order chi connectivity index (χ0) is 15.6. The van der Waals surface area contributed by atoms with Gasteiger partial charge in [0.2, 0.25) is 0 Å². The van der Waals surface area contributed by atoms with E-state index in [1.165, 1.54) is 11.3 Å². The standard InChI is InChI=1S/C16H17N5OS/c22-15(13-10-19-14-12(13)2-1-5-18-14)20-16-21(8-9-23-16)11-3-6-17-7-4-11/h1-2,5,8-11,17H,3-4,6-7H2,(H,18,19)/b20-16-. The van der Waals surface area contributed by atoms with E-state index in [1.807, 2.05) is 23.7 Å². The van der Waals surface area contributed by atoms with Crippen molar-refractivity contribution in [3.8, 4) is 0 Å². The second kappa shape index (κ2) is 6.10. The number of piperidine rings is 1. The van der Waals surface area contributed by atoms with Crippen LogP contribution in [0.2, 0.25) is 0 Å². The number of nitrogens with zero attached hydrogens (tertiary/aromatic N) is 3. The Bertz CT molecular complexity index is 900. The lowest BCUT2D eigenvalue weighted by Crippen LogP contribution is -2.32. The minimum Gasteiger partial charge on any atom is -0.345 e. The van der Waals surface area contributed by atoms with Gasteiger partial charge in [0.05, 0.1) is 5.56 Å². The Morgan fingerprint density at radius 1 is 1.39 bits per heavy atom. The van der Waals surface area contributed by atoms with Crippen LogP contribution in [-0.2, 0) is 0 Å². The van der Waals surface area contributed by atoms with Crippen LogP contribution < -0.4 is 10.1 Å². The zero-order valence-corrected chi connectivity index (χ0v) is 13.3. The number of aromatic amines is 1. The van der Waals surface area contributed by atoms with Crippen molar-refractivity contribution in [1.82, 2.24) is 19.9 Å². The molecule has 7 heteroatoms. The normalized spacial score (nSPS) is 17.0. The number of fused-ring (bicyclic) bond motifs is 1. The molecule has 0 aliphatic carbocycles. The third-order valence-corrected chi connectivity index (χ3v) is 4.97. The maximum absolute atomic E-state index is 12.6. The fourth-order valence-electron chi connectivity index (χ4n) is 3.01. The minimum atomic E-state index is -0.227. The van der Waals surface area contributed by atoms with Gasteiger partial charge in [0.1, 0.15) is 5.65 Å². The SMILES string of the molecule is O=C(/N=c1\sccn1C1CCNCC1)c1c[nH]c2ncccc12. The number of hydrogen-bond donors (Lipinski definition) is 2. The first-order chi connectivity index (χ1) is 11.3. The van der Waals surface area contributed by atoms with Crippen LogP contribution >= 0.6 is 11.3 Å². The Balaban J connectivity index is 1.70. The molecule has 0 radical (unpaired) electrons. The van der Waals surface area contributed by atoms with Gasteiger partial charge in [0.15, 0.2) is 4.80 Å². The predicted octanol–water partition coefficient (Wildman–Crippen LogP) is 2.09. The summed E-state index contributed by atoms with van der Waals surface area (Å²) in [5.74, 6) is -0.227. The lowest BCUT2D eigenvalue weighted by Gasteiger charge is -2.23. The molecular formula is C16H17N5OS. The summed E-state index contributed by atoms with van der Waals surface area (Å²) in [5, 5.41) is 6.16. The van der Waals surface area contributed by atoms with Crippen LogP contribution in [0.25, 0.3) is 11.0 Å². The second-order valence-corrected chi connectivity index (χ2v) is 6.47. The molecule has 4 rings (SSSR count). The first-order valence-electron chi connectivity index (χ1n) is 7.70. The van der Waals surface area contributed by atoms with Crippen LogP contribution in [0.3, 0.4) is 0 Å². The molecule has 118 valence electrons. The topological polar surface area (TPSA) is 75.1 Å². The van der Waals surface area contributed by atoms with Gasteiger partial charge < -0.3 is 14.9 Å². The van der Waals surface area contributed by atoms with Gasteiger partial charge in [-0.2, -0.15) is 4.99 Å². The average Bonchev–Trinajstić information content (AvgIpc) is 3.22. The molecule has 3 aromatic rings. The first-order valence-corrected chi connectivity index (χ1v) is 8.58. The highest BCUT2D eigenvalue weighted by Crippen LogP contribution is 2.18. The number of H-pyrrole nitrogens is 1. The Morgan fingerprint density at radius 3 is 3.13 bits per heavy atom. The maximum atomic E-state index is 12.6. The largest absolute Gasteiger partial charge is 0.345 e.